The summed E-state index contributed by atoms with van der Waals surface area (Å²) >= 11 is 12.1. The van der Waals surface area contributed by atoms with Crippen molar-refractivity contribution >= 4 is 34.8 Å². The molecule has 4 nitrogen and oxygen atoms in total. The Morgan fingerprint density at radius 2 is 1.94 bits per heavy atom. The molecule has 1 aromatic rings. The summed E-state index contributed by atoms with van der Waals surface area (Å²) in [6.45, 7) is 7.27. The third-order valence-electron chi connectivity index (χ3n) is 2.12. The Balaban J connectivity index is 3.05. The number of pyridine rings is 1. The highest BCUT2D eigenvalue weighted by atomic mass is 35.5. The molecule has 0 unspecified atom stereocenters. The molecule has 0 saturated heterocycles. The van der Waals surface area contributed by atoms with Crippen molar-refractivity contribution in [3.05, 3.63) is 16.1 Å². The van der Waals surface area contributed by atoms with Crippen molar-refractivity contribution < 1.29 is 0 Å². The molecule has 1 heterocycles. The van der Waals surface area contributed by atoms with Crippen molar-refractivity contribution in [3.8, 4) is 0 Å². The van der Waals surface area contributed by atoms with Crippen LogP contribution in [0.1, 0.15) is 20.8 Å². The van der Waals surface area contributed by atoms with E-state index in [0.29, 0.717) is 21.7 Å². The van der Waals surface area contributed by atoms with Gasteiger partial charge in [-0.2, -0.15) is 0 Å². The van der Waals surface area contributed by atoms with E-state index in [1.54, 1.807) is 6.07 Å². The summed E-state index contributed by atoms with van der Waals surface area (Å²) < 4.78 is 0. The van der Waals surface area contributed by atoms with Gasteiger partial charge in [-0.3, -0.25) is 0 Å². The molecule has 0 aromatic carbocycles. The van der Waals surface area contributed by atoms with Gasteiger partial charge in [0.25, 0.3) is 0 Å². The molecule has 0 bridgehead atoms. The van der Waals surface area contributed by atoms with Crippen molar-refractivity contribution in [1.82, 2.24) is 4.98 Å². The Morgan fingerprint density at radius 3 is 2.41 bits per heavy atom. The van der Waals surface area contributed by atoms with Gasteiger partial charge in [-0.1, -0.05) is 44.0 Å². The SMILES string of the molecule is CN(CC(C)(C)C)c1nc(NN)c(Cl)cc1Cl. The van der Waals surface area contributed by atoms with E-state index in [1.165, 1.54) is 0 Å². The minimum atomic E-state index is 0.149. The second-order valence-corrected chi connectivity index (χ2v) is 6.00. The molecule has 0 aliphatic carbocycles. The second-order valence-electron chi connectivity index (χ2n) is 5.19. The van der Waals surface area contributed by atoms with Crippen LogP contribution in [0.4, 0.5) is 11.6 Å². The van der Waals surface area contributed by atoms with E-state index in [-0.39, 0.29) is 5.41 Å². The van der Waals surface area contributed by atoms with E-state index >= 15 is 0 Å². The Morgan fingerprint density at radius 1 is 1.35 bits per heavy atom. The maximum atomic E-state index is 6.12. The third-order valence-corrected chi connectivity index (χ3v) is 2.69. The molecule has 1 rings (SSSR count). The minimum absolute atomic E-state index is 0.149. The summed E-state index contributed by atoms with van der Waals surface area (Å²) in [5, 5.41) is 0.922. The van der Waals surface area contributed by atoms with E-state index < -0.39 is 0 Å². The van der Waals surface area contributed by atoms with Crippen LogP contribution in [0.2, 0.25) is 10.0 Å². The molecule has 0 aliphatic heterocycles. The van der Waals surface area contributed by atoms with Crippen LogP contribution in [-0.4, -0.2) is 18.6 Å². The summed E-state index contributed by atoms with van der Waals surface area (Å²) in [6.07, 6.45) is 0. The van der Waals surface area contributed by atoms with Gasteiger partial charge in [0.15, 0.2) is 5.82 Å². The smallest absolute Gasteiger partial charge is 0.161 e. The molecule has 0 atom stereocenters. The van der Waals surface area contributed by atoms with Crippen LogP contribution in [0.5, 0.6) is 0 Å². The Hall–Kier alpha value is -0.710. The van der Waals surface area contributed by atoms with E-state index in [0.717, 1.165) is 6.54 Å². The maximum Gasteiger partial charge on any atom is 0.161 e. The summed E-state index contributed by atoms with van der Waals surface area (Å²) in [5.74, 6) is 6.43. The quantitative estimate of drug-likeness (QED) is 0.658. The van der Waals surface area contributed by atoms with Crippen molar-refractivity contribution in [1.29, 1.82) is 0 Å². The molecule has 17 heavy (non-hydrogen) atoms. The predicted octanol–water partition coefficient (Wildman–Crippen LogP) is 3.16. The monoisotopic (exact) mass is 276 g/mol. The number of nitrogens with one attached hydrogen (secondary N) is 1. The predicted molar refractivity (Wildman–Crippen MR) is 74.8 cm³/mol. The molecular weight excluding hydrogens is 259 g/mol. The van der Waals surface area contributed by atoms with Crippen LogP contribution in [0.3, 0.4) is 0 Å². The number of nitrogens with two attached hydrogens (primary N) is 1. The van der Waals surface area contributed by atoms with Gasteiger partial charge in [0, 0.05) is 13.6 Å². The van der Waals surface area contributed by atoms with Crippen LogP contribution in [0.15, 0.2) is 6.07 Å². The van der Waals surface area contributed by atoms with E-state index in [9.17, 15) is 0 Å². The lowest BCUT2D eigenvalue weighted by Gasteiger charge is -2.28. The zero-order chi connectivity index (χ0) is 13.2. The highest BCUT2D eigenvalue weighted by Gasteiger charge is 2.18. The van der Waals surface area contributed by atoms with Crippen molar-refractivity contribution in [2.75, 3.05) is 23.9 Å². The fourth-order valence-corrected chi connectivity index (χ4v) is 2.17. The number of anilines is 2. The van der Waals surface area contributed by atoms with E-state index in [1.807, 2.05) is 11.9 Å². The average molecular weight is 277 g/mol. The Kier molecular flexibility index (Phi) is 4.47. The number of halogens is 2. The largest absolute Gasteiger partial charge is 0.358 e. The zero-order valence-corrected chi connectivity index (χ0v) is 12.0. The lowest BCUT2D eigenvalue weighted by Crippen LogP contribution is -2.30. The minimum Gasteiger partial charge on any atom is -0.358 e. The van der Waals surface area contributed by atoms with Crippen molar-refractivity contribution in [2.45, 2.75) is 20.8 Å². The first kappa shape index (κ1) is 14.4. The molecule has 0 fully saturated rings. The van der Waals surface area contributed by atoms with Gasteiger partial charge in [0.2, 0.25) is 0 Å². The lowest BCUT2D eigenvalue weighted by atomic mass is 9.96. The van der Waals surface area contributed by atoms with Gasteiger partial charge >= 0.3 is 0 Å². The van der Waals surface area contributed by atoms with Crippen LogP contribution >= 0.6 is 23.2 Å². The topological polar surface area (TPSA) is 54.2 Å². The summed E-state index contributed by atoms with van der Waals surface area (Å²) in [6, 6.07) is 1.64. The number of nitrogens with zero attached hydrogens (tertiary/aromatic N) is 2. The summed E-state index contributed by atoms with van der Waals surface area (Å²) in [7, 11) is 1.94. The molecule has 0 saturated carbocycles. The molecule has 0 aliphatic rings. The highest BCUT2D eigenvalue weighted by molar-refractivity contribution is 6.37. The number of rotatable bonds is 3. The van der Waals surface area contributed by atoms with Gasteiger partial charge in [-0.05, 0) is 11.5 Å². The third kappa shape index (κ3) is 3.91. The molecule has 3 N–H and O–H groups in total. The van der Waals surface area contributed by atoms with Crippen LogP contribution in [0.25, 0.3) is 0 Å². The molecule has 6 heteroatoms. The molecule has 0 radical (unpaired) electrons. The van der Waals surface area contributed by atoms with E-state index in [4.69, 9.17) is 29.0 Å². The average Bonchev–Trinajstić information content (AvgIpc) is 2.14. The van der Waals surface area contributed by atoms with Gasteiger partial charge in [-0.15, -0.1) is 0 Å². The first-order chi connectivity index (χ1) is 7.74. The standard InChI is InChI=1S/C11H18Cl2N4/c1-11(2,3)6-17(4)10-8(13)5-7(12)9(15-10)16-14/h5H,6,14H2,1-4H3,(H,15,16). The van der Waals surface area contributed by atoms with Crippen molar-refractivity contribution in [3.63, 3.8) is 0 Å². The molecule has 96 valence electrons. The highest BCUT2D eigenvalue weighted by Crippen LogP contribution is 2.31. The number of hydrogen-bond acceptors (Lipinski definition) is 4. The normalized spacial score (nSPS) is 11.5. The Bertz CT molecular complexity index is 401. The van der Waals surface area contributed by atoms with Gasteiger partial charge in [0.1, 0.15) is 5.82 Å². The number of hydrazine groups is 1. The van der Waals surface area contributed by atoms with Crippen molar-refractivity contribution in [2.24, 2.45) is 11.3 Å². The van der Waals surface area contributed by atoms with Crippen LogP contribution < -0.4 is 16.2 Å². The van der Waals surface area contributed by atoms with Crippen LogP contribution in [0, 0.1) is 5.41 Å². The van der Waals surface area contributed by atoms with Crippen LogP contribution in [-0.2, 0) is 0 Å². The zero-order valence-electron chi connectivity index (χ0n) is 10.5. The van der Waals surface area contributed by atoms with Gasteiger partial charge in [-0.25, -0.2) is 10.8 Å². The summed E-state index contributed by atoms with van der Waals surface area (Å²) in [4.78, 5) is 6.29. The second kappa shape index (κ2) is 5.29. The van der Waals surface area contributed by atoms with E-state index in [2.05, 4.69) is 31.2 Å². The number of hydrogen-bond donors (Lipinski definition) is 2. The Labute approximate surface area is 112 Å². The molecular formula is C11H18Cl2N4. The number of nitrogen functional groups attached to an aromatic ring is 1. The lowest BCUT2D eigenvalue weighted by molar-refractivity contribution is 0.418. The summed E-state index contributed by atoms with van der Waals surface area (Å²) in [5.41, 5.74) is 2.60. The van der Waals surface area contributed by atoms with Gasteiger partial charge in [0.05, 0.1) is 10.0 Å². The molecule has 1 aromatic heterocycles. The fraction of sp³-hybridized carbons (Fsp3) is 0.545. The maximum absolute atomic E-state index is 6.12. The molecule has 0 amide bonds. The molecule has 0 spiro atoms. The fourth-order valence-electron chi connectivity index (χ4n) is 1.61. The first-order valence-corrected chi connectivity index (χ1v) is 6.04. The van der Waals surface area contributed by atoms with Gasteiger partial charge < -0.3 is 10.3 Å². The first-order valence-electron chi connectivity index (χ1n) is 5.28. The number of aromatic nitrogens is 1.